The van der Waals surface area contributed by atoms with Crippen molar-refractivity contribution in [1.29, 1.82) is 0 Å². The van der Waals surface area contributed by atoms with Gasteiger partial charge in [0.2, 0.25) is 5.88 Å². The van der Waals surface area contributed by atoms with Crippen LogP contribution < -0.4 is 72.7 Å². The Morgan fingerprint density at radius 2 is 1.00 bits per heavy atom. The van der Waals surface area contributed by atoms with E-state index in [0.717, 1.165) is 92.9 Å². The lowest BCUT2D eigenvalue weighted by Crippen LogP contribution is -2.28. The molecule has 0 atom stereocenters. The molecule has 0 bridgehead atoms. The quantitative estimate of drug-likeness (QED) is 0.0279. The second-order valence-corrected chi connectivity index (χ2v) is 25.5. The molecule has 0 saturated carbocycles. The summed E-state index contributed by atoms with van der Waals surface area (Å²) in [4.78, 5) is 37.6. The maximum Gasteiger partial charge on any atom is 0.357 e. The van der Waals surface area contributed by atoms with Crippen molar-refractivity contribution in [3.8, 4) is 5.88 Å². The smallest absolute Gasteiger partial charge is 0.357 e. The number of aliphatic hydroxyl groups excluding tert-OH is 1. The van der Waals surface area contributed by atoms with Gasteiger partial charge >= 0.3 is 5.97 Å². The Morgan fingerprint density at radius 3 is 1.48 bits per heavy atom. The fraction of sp³-hybridized carbons (Fsp3) is 0.250. The summed E-state index contributed by atoms with van der Waals surface area (Å²) in [6.45, 7) is 13.2. The summed E-state index contributed by atoms with van der Waals surface area (Å²) in [5, 5.41) is 16.0. The number of amides is 2. The highest BCUT2D eigenvalue weighted by Crippen LogP contribution is 2.36. The van der Waals surface area contributed by atoms with E-state index in [9.17, 15) is 22.8 Å². The number of nitrogens with two attached hydrogens (primary N) is 10. The summed E-state index contributed by atoms with van der Waals surface area (Å²) in [7, 11) is 2.39. The first-order valence-corrected chi connectivity index (χ1v) is 33.7. The van der Waals surface area contributed by atoms with Crippen LogP contribution in [0.2, 0.25) is 0 Å². The number of methoxy groups -OCH3 is 1. The minimum atomic E-state index is -3.31. The van der Waals surface area contributed by atoms with Crippen LogP contribution in [0.4, 0.5) is 56.9 Å². The molecule has 12 aromatic heterocycles. The number of hydrogen-bond acceptors (Lipinski definition) is 20. The van der Waals surface area contributed by atoms with Gasteiger partial charge in [0.05, 0.1) is 98.3 Å². The average molecular weight is 1360 g/mol. The molecule has 23 N–H and O–H groups in total. The van der Waals surface area contributed by atoms with Gasteiger partial charge in [-0.1, -0.05) is 18.2 Å². The number of rotatable bonds is 14. The summed E-state index contributed by atoms with van der Waals surface area (Å²) in [6, 6.07) is 27.5. The maximum atomic E-state index is 12.3. The highest BCUT2D eigenvalue weighted by Gasteiger charge is 2.24. The normalized spacial score (nSPS) is 11.1. The van der Waals surface area contributed by atoms with Crippen molar-refractivity contribution >= 4 is 129 Å². The second-order valence-electron chi connectivity index (χ2n) is 22.8. The molecule has 12 aromatic rings. The lowest BCUT2D eigenvalue weighted by molar-refractivity contribution is 0.0519. The van der Waals surface area contributed by atoms with Crippen LogP contribution in [-0.2, 0) is 14.6 Å². The minimum absolute atomic E-state index is 0.0798. The SMILES string of the molecule is CCOC(=O)c1c(NCCCN(C)C)c(N)c2ccccn12.COc1c(C)c(N)c2cc(N)ccn12.CSc1c(C)c(N)c2cc(N)ccn12.Cc1c(N)c2cc(N)ccn2c1S(C)(=O)=O.Cc1c(N)c2ccccn2c1C(=O)NCCO.Cc1c(N)c2ccccn2c1C(N)=O. The van der Waals surface area contributed by atoms with E-state index in [1.165, 1.54) is 5.03 Å². The molecule has 0 aliphatic heterocycles. The molecular formula is C68H89N19O8S2. The van der Waals surface area contributed by atoms with Gasteiger partial charge in [0.15, 0.2) is 15.5 Å². The molecule has 0 saturated heterocycles. The van der Waals surface area contributed by atoms with Crippen LogP contribution in [0.5, 0.6) is 5.88 Å². The molecule has 27 nitrogen and oxygen atoms in total. The number of carbonyl (C=O) groups excluding carboxylic acids is 3. The Balaban J connectivity index is 0.000000165. The molecule has 97 heavy (non-hydrogen) atoms. The zero-order valence-corrected chi connectivity index (χ0v) is 58.0. The summed E-state index contributed by atoms with van der Waals surface area (Å²) >= 11 is 1.69. The van der Waals surface area contributed by atoms with Crippen molar-refractivity contribution in [3.05, 3.63) is 173 Å². The maximum absolute atomic E-state index is 12.3. The molecule has 0 spiro atoms. The van der Waals surface area contributed by atoms with Gasteiger partial charge in [-0.2, -0.15) is 0 Å². The van der Waals surface area contributed by atoms with Crippen molar-refractivity contribution in [3.63, 3.8) is 0 Å². The standard InChI is InChI=1S/C16H24N4O2.C12H15N3O2.C10H13N3O2S.C10H13N3O.C10H11N3O.C10H13N3S/c1-4-22-16(21)15-14(18-9-7-10-19(2)3)13(17)12-8-5-6-11-20(12)15;1-8-10(13)9-4-2-3-6-15(9)11(8)12(17)14-5-7-16;1-6-9(12)8-5-7(11)3-4-13(8)10(6)16(2,14)15;1-6-9(12)8-5-7(11)3-4-13(8)10(6)14-2;1-6-8(11)7-4-2-3-5-13(7)9(6)10(12)14;1-6-9(12)8-5-7(11)3-4-13(8)10(6)14-2/h5-6,8,11,18H,4,7,9-10,17H2,1-3H3;2-4,6,16H,5,7,13H2,1H3,(H,14,17);3-5H,11-12H2,1-2H3;3-5H,11-12H2,1-2H3;2-5H,11H2,1H3,(H2,12,14);3-5H,11-12H2,1-2H3. The van der Waals surface area contributed by atoms with Crippen LogP contribution in [0.25, 0.3) is 33.1 Å². The molecule has 516 valence electrons. The first-order valence-electron chi connectivity index (χ1n) is 30.6. The number of esters is 1. The number of anilines is 10. The largest absolute Gasteiger partial charge is 0.482 e. The number of aliphatic hydroxyl groups is 1. The van der Waals surface area contributed by atoms with Gasteiger partial charge in [-0.25, -0.2) is 13.2 Å². The average Bonchev–Trinajstić information content (AvgIpc) is 1.67. The molecule has 29 heteroatoms. The van der Waals surface area contributed by atoms with E-state index in [2.05, 4.69) is 19.9 Å². The van der Waals surface area contributed by atoms with Crippen LogP contribution in [0.15, 0.2) is 138 Å². The third-order valence-corrected chi connectivity index (χ3v) is 18.0. The Hall–Kier alpha value is -11.0. The Morgan fingerprint density at radius 1 is 0.557 bits per heavy atom. The number of nitrogens with zero attached hydrogens (tertiary/aromatic N) is 7. The van der Waals surface area contributed by atoms with Gasteiger partial charge in [0.25, 0.3) is 11.8 Å². The number of hydrogen-bond donors (Lipinski definition) is 13. The molecule has 12 rings (SSSR count). The highest BCUT2D eigenvalue weighted by atomic mass is 32.2. The fourth-order valence-corrected chi connectivity index (χ4v) is 13.1. The van der Waals surface area contributed by atoms with Crippen molar-refractivity contribution < 1.29 is 37.4 Å². The van der Waals surface area contributed by atoms with E-state index in [0.29, 0.717) is 80.3 Å². The van der Waals surface area contributed by atoms with Gasteiger partial charge in [-0.3, -0.25) is 14.0 Å². The number of carbonyl (C=O) groups is 3. The van der Waals surface area contributed by atoms with Crippen LogP contribution in [-0.4, -0.2) is 129 Å². The number of thioether (sulfide) groups is 1. The second kappa shape index (κ2) is 31.5. The first kappa shape index (κ1) is 73.4. The first-order chi connectivity index (χ1) is 46.0. The summed E-state index contributed by atoms with van der Waals surface area (Å²) in [5.41, 5.74) is 75.1. The van der Waals surface area contributed by atoms with Crippen molar-refractivity contribution in [2.45, 2.75) is 58.0 Å². The minimum Gasteiger partial charge on any atom is -0.482 e. The fourth-order valence-electron chi connectivity index (χ4n) is 11.1. The summed E-state index contributed by atoms with van der Waals surface area (Å²) in [5.74, 6) is -0.289. The molecule has 0 radical (unpaired) electrons. The number of aromatic nitrogens is 6. The molecule has 0 aromatic carbocycles. The highest BCUT2D eigenvalue weighted by molar-refractivity contribution is 7.98. The van der Waals surface area contributed by atoms with E-state index in [1.54, 1.807) is 88.0 Å². The zero-order chi connectivity index (χ0) is 71.5. The lowest BCUT2D eigenvalue weighted by atomic mass is 10.2. The number of ether oxygens (including phenoxy) is 2. The Bertz CT molecular complexity index is 4870. The van der Waals surface area contributed by atoms with Gasteiger partial charge in [0, 0.05) is 101 Å². The summed E-state index contributed by atoms with van der Waals surface area (Å²) < 4.78 is 44.5. The van der Waals surface area contributed by atoms with Gasteiger partial charge in [-0.15, -0.1) is 11.8 Å². The van der Waals surface area contributed by atoms with Gasteiger partial charge in [0.1, 0.15) is 16.4 Å². The third-order valence-electron chi connectivity index (χ3n) is 15.9. The topological polar surface area (TPSA) is 438 Å². The monoisotopic (exact) mass is 1360 g/mol. The molecule has 12 heterocycles. The van der Waals surface area contributed by atoms with E-state index >= 15 is 0 Å². The predicted molar refractivity (Wildman–Crippen MR) is 395 cm³/mol. The van der Waals surface area contributed by atoms with Crippen LogP contribution in [0.1, 0.15) is 72.6 Å². The van der Waals surface area contributed by atoms with Gasteiger partial charge < -0.3 is 109 Å². The number of primary amides is 1. The molecule has 0 aliphatic carbocycles. The Kier molecular flexibility index (Phi) is 23.8. The third kappa shape index (κ3) is 15.7. The van der Waals surface area contributed by atoms with E-state index in [4.69, 9.17) is 71.9 Å². The van der Waals surface area contributed by atoms with E-state index in [1.807, 2.05) is 143 Å². The number of fused-ring (bicyclic) bond motifs is 6. The number of nitrogen functional groups attached to an aromatic ring is 9. The number of pyridine rings is 6. The van der Waals surface area contributed by atoms with Crippen molar-refractivity contribution in [2.24, 2.45) is 5.73 Å². The predicted octanol–water partition coefficient (Wildman–Crippen LogP) is 7.91. The molecule has 0 fully saturated rings. The molecule has 0 aliphatic rings. The lowest BCUT2D eigenvalue weighted by Gasteiger charge is -2.11. The number of nitrogens with one attached hydrogen (secondary N) is 2. The van der Waals surface area contributed by atoms with Gasteiger partial charge in [-0.05, 0) is 148 Å². The zero-order valence-electron chi connectivity index (χ0n) is 56.4. The molecule has 0 unspecified atom stereocenters. The number of sulfone groups is 1. The summed E-state index contributed by atoms with van der Waals surface area (Å²) in [6.07, 6.45) is 15.0. The van der Waals surface area contributed by atoms with Crippen LogP contribution >= 0.6 is 11.8 Å². The van der Waals surface area contributed by atoms with Crippen molar-refractivity contribution in [2.75, 3.05) is 123 Å². The molecular weight excluding hydrogens is 1280 g/mol. The van der Waals surface area contributed by atoms with E-state index in [-0.39, 0.29) is 30.1 Å². The van der Waals surface area contributed by atoms with Crippen LogP contribution in [0, 0.1) is 34.6 Å². The van der Waals surface area contributed by atoms with Crippen molar-refractivity contribution in [1.82, 2.24) is 36.6 Å². The molecule has 2 amide bonds. The van der Waals surface area contributed by atoms with E-state index < -0.39 is 15.7 Å². The Labute approximate surface area is 566 Å². The van der Waals surface area contributed by atoms with Crippen LogP contribution in [0.3, 0.4) is 0 Å².